The number of alkyl halides is 3. The van der Waals surface area contributed by atoms with Gasteiger partial charge < -0.3 is 15.8 Å². The Kier molecular flexibility index (Phi) is 5.96. The number of nitrogens with two attached hydrogens (primary N) is 1. The third kappa shape index (κ3) is 4.92. The first-order valence-corrected chi connectivity index (χ1v) is 10.3. The van der Waals surface area contributed by atoms with Crippen LogP contribution in [0.5, 0.6) is 11.5 Å². The van der Waals surface area contributed by atoms with Crippen LogP contribution in [0, 0.1) is 0 Å². The summed E-state index contributed by atoms with van der Waals surface area (Å²) in [5, 5.41) is 5.03. The molecule has 0 saturated carbocycles. The Hall–Kier alpha value is -4.00. The number of ether oxygens (including phenoxy) is 1. The van der Waals surface area contributed by atoms with E-state index in [1.165, 1.54) is 12.1 Å². The quantitative estimate of drug-likeness (QED) is 0.328. The number of aromatic nitrogens is 1. The molecule has 1 aromatic heterocycles. The molecule has 0 aliphatic rings. The van der Waals surface area contributed by atoms with Gasteiger partial charge in [-0.1, -0.05) is 43.0 Å². The molecule has 4 nitrogen and oxygen atoms in total. The molecule has 0 radical (unpaired) electrons. The van der Waals surface area contributed by atoms with Crippen LogP contribution < -0.4 is 15.8 Å². The molecule has 0 saturated heterocycles. The van der Waals surface area contributed by atoms with Crippen molar-refractivity contribution in [3.63, 3.8) is 0 Å². The van der Waals surface area contributed by atoms with Gasteiger partial charge in [-0.2, -0.15) is 13.2 Å². The largest absolute Gasteiger partial charge is 0.457 e. The molecule has 0 amide bonds. The van der Waals surface area contributed by atoms with Crippen LogP contribution in [0.2, 0.25) is 0 Å². The van der Waals surface area contributed by atoms with E-state index in [0.29, 0.717) is 23.0 Å². The normalized spacial score (nSPS) is 12.4. The number of hydrogen-bond donors (Lipinski definition) is 2. The van der Waals surface area contributed by atoms with Crippen LogP contribution in [-0.4, -0.2) is 4.98 Å². The number of hydrogen-bond acceptors (Lipinski definition) is 4. The van der Waals surface area contributed by atoms with E-state index in [0.717, 1.165) is 34.0 Å². The van der Waals surface area contributed by atoms with Gasteiger partial charge in [0.2, 0.25) is 0 Å². The lowest BCUT2D eigenvalue weighted by atomic mass is 10.0. The molecule has 33 heavy (non-hydrogen) atoms. The Morgan fingerprint density at radius 3 is 2.33 bits per heavy atom. The Morgan fingerprint density at radius 2 is 1.70 bits per heavy atom. The SMILES string of the molecule is C=C(N)c1ccc(C(C)Nc2nccc3cccc(Oc4ccc(C(F)(F)F)cc4)c23)cc1. The highest BCUT2D eigenvalue weighted by Crippen LogP contribution is 2.36. The van der Waals surface area contributed by atoms with Crippen molar-refractivity contribution in [3.8, 4) is 11.5 Å². The average molecular weight is 449 g/mol. The zero-order valence-electron chi connectivity index (χ0n) is 17.9. The number of nitrogens with zero attached hydrogens (tertiary/aromatic N) is 1. The van der Waals surface area contributed by atoms with Gasteiger partial charge in [-0.05, 0) is 59.8 Å². The molecule has 1 heterocycles. The van der Waals surface area contributed by atoms with Crippen molar-refractivity contribution in [1.82, 2.24) is 4.98 Å². The van der Waals surface area contributed by atoms with Crippen LogP contribution in [0.4, 0.5) is 19.0 Å². The lowest BCUT2D eigenvalue weighted by Crippen LogP contribution is -2.09. The lowest BCUT2D eigenvalue weighted by molar-refractivity contribution is -0.137. The fraction of sp³-hybridized carbons (Fsp3) is 0.115. The van der Waals surface area contributed by atoms with Crippen LogP contribution in [0.15, 0.2) is 85.6 Å². The molecule has 4 rings (SSSR count). The highest BCUT2D eigenvalue weighted by atomic mass is 19.4. The molecule has 168 valence electrons. The number of pyridine rings is 1. The zero-order valence-corrected chi connectivity index (χ0v) is 17.9. The monoisotopic (exact) mass is 449 g/mol. The van der Waals surface area contributed by atoms with E-state index in [9.17, 15) is 13.2 Å². The molecule has 0 spiro atoms. The van der Waals surface area contributed by atoms with E-state index in [4.69, 9.17) is 10.5 Å². The Balaban J connectivity index is 1.64. The fourth-order valence-electron chi connectivity index (χ4n) is 3.50. The van der Waals surface area contributed by atoms with Crippen LogP contribution in [0.3, 0.4) is 0 Å². The summed E-state index contributed by atoms with van der Waals surface area (Å²) in [4.78, 5) is 4.49. The Morgan fingerprint density at radius 1 is 1.00 bits per heavy atom. The molecule has 1 atom stereocenters. The van der Waals surface area contributed by atoms with E-state index in [-0.39, 0.29) is 6.04 Å². The molecular formula is C26H22F3N3O. The second-order valence-corrected chi connectivity index (χ2v) is 7.65. The number of nitrogens with one attached hydrogen (secondary N) is 1. The minimum Gasteiger partial charge on any atom is -0.457 e. The van der Waals surface area contributed by atoms with Crippen molar-refractivity contribution < 1.29 is 17.9 Å². The maximum Gasteiger partial charge on any atom is 0.416 e. The van der Waals surface area contributed by atoms with Crippen molar-refractivity contribution in [3.05, 3.63) is 102 Å². The number of rotatable bonds is 6. The zero-order chi connectivity index (χ0) is 23.6. The van der Waals surface area contributed by atoms with Gasteiger partial charge >= 0.3 is 6.18 Å². The minimum atomic E-state index is -4.40. The maximum absolute atomic E-state index is 12.9. The highest BCUT2D eigenvalue weighted by molar-refractivity contribution is 5.97. The van der Waals surface area contributed by atoms with Gasteiger partial charge in [0.05, 0.1) is 10.9 Å². The Bertz CT molecular complexity index is 1280. The van der Waals surface area contributed by atoms with Crippen LogP contribution >= 0.6 is 0 Å². The maximum atomic E-state index is 12.9. The summed E-state index contributed by atoms with van der Waals surface area (Å²) in [5.74, 6) is 1.40. The van der Waals surface area contributed by atoms with Gasteiger partial charge in [0.1, 0.15) is 17.3 Å². The molecule has 0 fully saturated rings. The molecule has 3 aromatic carbocycles. The molecule has 3 N–H and O–H groups in total. The van der Waals surface area contributed by atoms with Crippen molar-refractivity contribution >= 4 is 22.3 Å². The second-order valence-electron chi connectivity index (χ2n) is 7.65. The summed E-state index contributed by atoms with van der Waals surface area (Å²) in [7, 11) is 0. The average Bonchev–Trinajstić information content (AvgIpc) is 2.79. The minimum absolute atomic E-state index is 0.0812. The number of benzene rings is 3. The van der Waals surface area contributed by atoms with Crippen LogP contribution in [-0.2, 0) is 6.18 Å². The topological polar surface area (TPSA) is 60.2 Å². The molecule has 4 aromatic rings. The van der Waals surface area contributed by atoms with E-state index in [1.54, 1.807) is 12.3 Å². The van der Waals surface area contributed by atoms with Crippen molar-refractivity contribution in [2.45, 2.75) is 19.1 Å². The van der Waals surface area contributed by atoms with Gasteiger partial charge in [-0.15, -0.1) is 0 Å². The fourth-order valence-corrected chi connectivity index (χ4v) is 3.50. The lowest BCUT2D eigenvalue weighted by Gasteiger charge is -2.18. The summed E-state index contributed by atoms with van der Waals surface area (Å²) >= 11 is 0. The molecule has 0 bridgehead atoms. The third-order valence-electron chi connectivity index (χ3n) is 5.30. The summed E-state index contributed by atoms with van der Waals surface area (Å²) in [6.07, 6.45) is -2.70. The standard InChI is InChI=1S/C26H22F3N3O/c1-16(30)18-6-8-19(9-7-18)17(2)32-25-24-20(14-15-31-25)4-3-5-23(24)33-22-12-10-21(11-13-22)26(27,28)29/h3-15,17H,1,30H2,2H3,(H,31,32). The number of anilines is 1. The molecule has 7 heteroatoms. The van der Waals surface area contributed by atoms with Gasteiger partial charge in [0.15, 0.2) is 0 Å². The summed E-state index contributed by atoms with van der Waals surface area (Å²) in [6, 6.07) is 19.7. The first-order chi connectivity index (χ1) is 15.7. The highest BCUT2D eigenvalue weighted by Gasteiger charge is 2.30. The van der Waals surface area contributed by atoms with E-state index < -0.39 is 11.7 Å². The predicted octanol–water partition coefficient (Wildman–Crippen LogP) is 7.15. The van der Waals surface area contributed by atoms with Crippen LogP contribution in [0.1, 0.15) is 29.7 Å². The summed E-state index contributed by atoms with van der Waals surface area (Å²) in [6.45, 7) is 5.75. The molecule has 1 unspecified atom stereocenters. The number of fused-ring (bicyclic) bond motifs is 1. The van der Waals surface area contributed by atoms with Gasteiger partial charge in [0, 0.05) is 17.9 Å². The summed E-state index contributed by atoms with van der Waals surface area (Å²) in [5.41, 5.74) is 7.41. The van der Waals surface area contributed by atoms with Gasteiger partial charge in [-0.3, -0.25) is 0 Å². The van der Waals surface area contributed by atoms with E-state index in [2.05, 4.69) is 16.9 Å². The predicted molar refractivity (Wildman–Crippen MR) is 125 cm³/mol. The molecule has 0 aliphatic carbocycles. The van der Waals surface area contributed by atoms with Crippen molar-refractivity contribution in [1.29, 1.82) is 0 Å². The van der Waals surface area contributed by atoms with Gasteiger partial charge in [0.25, 0.3) is 0 Å². The molecular weight excluding hydrogens is 427 g/mol. The number of halogens is 3. The smallest absolute Gasteiger partial charge is 0.416 e. The third-order valence-corrected chi connectivity index (χ3v) is 5.30. The second kappa shape index (κ2) is 8.86. The van der Waals surface area contributed by atoms with E-state index >= 15 is 0 Å². The Labute approximate surface area is 189 Å². The summed E-state index contributed by atoms with van der Waals surface area (Å²) < 4.78 is 44.5. The molecule has 0 aliphatic heterocycles. The first kappa shape index (κ1) is 22.2. The van der Waals surface area contributed by atoms with E-state index in [1.807, 2.05) is 49.4 Å². The van der Waals surface area contributed by atoms with Gasteiger partial charge in [-0.25, -0.2) is 4.98 Å². The van der Waals surface area contributed by atoms with Crippen molar-refractivity contribution in [2.24, 2.45) is 5.73 Å². The first-order valence-electron chi connectivity index (χ1n) is 10.3. The van der Waals surface area contributed by atoms with Crippen LogP contribution in [0.25, 0.3) is 16.5 Å². The van der Waals surface area contributed by atoms with Crippen molar-refractivity contribution in [2.75, 3.05) is 5.32 Å².